The maximum Gasteiger partial charge on any atom is 0.310 e. The van der Waals surface area contributed by atoms with Gasteiger partial charge in [-0.1, -0.05) is 13.8 Å². The van der Waals surface area contributed by atoms with Gasteiger partial charge in [0, 0.05) is 50.7 Å². The lowest BCUT2D eigenvalue weighted by atomic mass is 10.2. The maximum atomic E-state index is 11.5. The number of aromatic nitrogens is 2. The predicted molar refractivity (Wildman–Crippen MR) is 100 cm³/mol. The molecule has 1 aliphatic heterocycles. The van der Waals surface area contributed by atoms with Crippen molar-refractivity contribution in [1.29, 1.82) is 0 Å². The second-order valence-electron chi connectivity index (χ2n) is 5.94. The number of aliphatic imine (C=N–C) groups is 1. The highest BCUT2D eigenvalue weighted by atomic mass is 32.1. The molecule has 25 heavy (non-hydrogen) atoms. The Bertz CT molecular complexity index is 583. The number of aryl methyl sites for hydroxylation is 1. The van der Waals surface area contributed by atoms with E-state index in [0.717, 1.165) is 56.1 Å². The molecular weight excluding hydrogens is 340 g/mol. The summed E-state index contributed by atoms with van der Waals surface area (Å²) < 4.78 is 9.13. The average molecular weight is 369 g/mol. The predicted octanol–water partition coefficient (Wildman–Crippen LogP) is 0.997. The maximum absolute atomic E-state index is 11.5. The van der Waals surface area contributed by atoms with Gasteiger partial charge in [-0.15, -0.1) is 0 Å². The summed E-state index contributed by atoms with van der Waals surface area (Å²) in [7, 11) is 1.41. The molecule has 2 heterocycles. The molecule has 0 aromatic carbocycles. The number of methoxy groups -OCH3 is 1. The number of hydrogen-bond acceptors (Lipinski definition) is 7. The fraction of sp³-hybridized carbons (Fsp3) is 0.750. The zero-order chi connectivity index (χ0) is 18.2. The van der Waals surface area contributed by atoms with E-state index < -0.39 is 0 Å². The molecule has 2 rings (SSSR count). The van der Waals surface area contributed by atoms with Crippen molar-refractivity contribution < 1.29 is 9.53 Å². The summed E-state index contributed by atoms with van der Waals surface area (Å²) in [5.41, 5.74) is 0. The van der Waals surface area contributed by atoms with Gasteiger partial charge in [-0.05, 0) is 6.92 Å². The molecule has 0 spiro atoms. The highest BCUT2D eigenvalue weighted by Crippen LogP contribution is 2.19. The largest absolute Gasteiger partial charge is 0.469 e. The second-order valence-corrected chi connectivity index (χ2v) is 6.67. The molecule has 9 heteroatoms. The molecule has 0 aliphatic carbocycles. The molecule has 0 saturated carbocycles. The summed E-state index contributed by atoms with van der Waals surface area (Å²) in [6, 6.07) is 0. The first-order valence-corrected chi connectivity index (χ1v) is 9.54. The van der Waals surface area contributed by atoms with Crippen molar-refractivity contribution >= 4 is 28.6 Å². The number of carbonyl (C=O) groups is 1. The Morgan fingerprint density at radius 1 is 1.36 bits per heavy atom. The van der Waals surface area contributed by atoms with Crippen LogP contribution in [0.4, 0.5) is 5.13 Å². The third-order valence-electron chi connectivity index (χ3n) is 4.08. The van der Waals surface area contributed by atoms with Crippen molar-refractivity contribution in [3.05, 3.63) is 5.82 Å². The number of nitrogens with zero attached hydrogens (tertiary/aromatic N) is 5. The van der Waals surface area contributed by atoms with Gasteiger partial charge in [-0.3, -0.25) is 9.79 Å². The van der Waals surface area contributed by atoms with Crippen LogP contribution in [0.2, 0.25) is 0 Å². The monoisotopic (exact) mass is 368 g/mol. The van der Waals surface area contributed by atoms with Crippen molar-refractivity contribution in [3.63, 3.8) is 0 Å². The lowest BCUT2D eigenvalue weighted by Gasteiger charge is -2.36. The standard InChI is InChI=1S/C16H28N6O2S/c1-5-13-19-16(25-20-13)22-9-7-21(8-10-22)15(17-6-2)18-11-12(3)14(23)24-4/h12H,5-11H2,1-4H3,(H,17,18). The molecular formula is C16H28N6O2S. The van der Waals surface area contributed by atoms with Crippen LogP contribution in [0.1, 0.15) is 26.6 Å². The molecule has 1 aliphatic rings. The molecule has 1 saturated heterocycles. The van der Waals surface area contributed by atoms with E-state index in [0.29, 0.717) is 6.54 Å². The number of hydrogen-bond donors (Lipinski definition) is 1. The average Bonchev–Trinajstić information content (AvgIpc) is 3.13. The minimum absolute atomic E-state index is 0.229. The van der Waals surface area contributed by atoms with E-state index in [1.165, 1.54) is 18.6 Å². The SMILES string of the molecule is CCNC(=NCC(C)C(=O)OC)N1CCN(c2nc(CC)ns2)CC1. The highest BCUT2D eigenvalue weighted by Gasteiger charge is 2.22. The van der Waals surface area contributed by atoms with Gasteiger partial charge in [-0.25, -0.2) is 4.98 Å². The third-order valence-corrected chi connectivity index (χ3v) is 4.89. The summed E-state index contributed by atoms with van der Waals surface area (Å²) in [5.74, 6) is 1.29. The zero-order valence-corrected chi connectivity index (χ0v) is 16.3. The van der Waals surface area contributed by atoms with E-state index in [2.05, 4.69) is 36.4 Å². The Labute approximate surface area is 153 Å². The first kappa shape index (κ1) is 19.4. The zero-order valence-electron chi connectivity index (χ0n) is 15.5. The lowest BCUT2D eigenvalue weighted by Crippen LogP contribution is -2.52. The minimum Gasteiger partial charge on any atom is -0.469 e. The van der Waals surface area contributed by atoms with Crippen LogP contribution >= 0.6 is 11.5 Å². The Morgan fingerprint density at radius 3 is 2.64 bits per heavy atom. The number of anilines is 1. The summed E-state index contributed by atoms with van der Waals surface area (Å²) >= 11 is 1.47. The number of carbonyl (C=O) groups excluding carboxylic acids is 1. The molecule has 1 N–H and O–H groups in total. The van der Waals surface area contributed by atoms with Crippen molar-refractivity contribution in [2.75, 3.05) is 51.3 Å². The number of esters is 1. The van der Waals surface area contributed by atoms with Crippen molar-refractivity contribution in [2.24, 2.45) is 10.9 Å². The molecule has 1 fully saturated rings. The van der Waals surface area contributed by atoms with Crippen molar-refractivity contribution in [3.8, 4) is 0 Å². The van der Waals surface area contributed by atoms with Gasteiger partial charge < -0.3 is 19.9 Å². The molecule has 140 valence electrons. The molecule has 0 amide bonds. The second kappa shape index (κ2) is 9.55. The molecule has 1 aromatic heterocycles. The van der Waals surface area contributed by atoms with Crippen LogP contribution in [0.25, 0.3) is 0 Å². The van der Waals surface area contributed by atoms with Crippen LogP contribution < -0.4 is 10.2 Å². The summed E-state index contributed by atoms with van der Waals surface area (Å²) in [6.45, 7) is 10.6. The highest BCUT2D eigenvalue weighted by molar-refractivity contribution is 7.09. The van der Waals surface area contributed by atoms with E-state index in [1.54, 1.807) is 0 Å². The first-order valence-electron chi connectivity index (χ1n) is 8.77. The van der Waals surface area contributed by atoms with E-state index in [-0.39, 0.29) is 11.9 Å². The number of guanidine groups is 1. The smallest absolute Gasteiger partial charge is 0.310 e. The van der Waals surface area contributed by atoms with Gasteiger partial charge in [0.05, 0.1) is 19.6 Å². The van der Waals surface area contributed by atoms with Crippen LogP contribution in [0, 0.1) is 5.92 Å². The molecule has 8 nitrogen and oxygen atoms in total. The van der Waals surface area contributed by atoms with E-state index in [9.17, 15) is 4.79 Å². The van der Waals surface area contributed by atoms with E-state index >= 15 is 0 Å². The topological polar surface area (TPSA) is 83.0 Å². The van der Waals surface area contributed by atoms with Gasteiger partial charge >= 0.3 is 5.97 Å². The summed E-state index contributed by atoms with van der Waals surface area (Å²) in [5, 5.41) is 4.31. The lowest BCUT2D eigenvalue weighted by molar-refractivity contribution is -0.144. The Hall–Kier alpha value is -1.90. The van der Waals surface area contributed by atoms with Gasteiger partial charge in [0.2, 0.25) is 5.13 Å². The van der Waals surface area contributed by atoms with Crippen LogP contribution in [0.3, 0.4) is 0 Å². The Morgan fingerprint density at radius 2 is 2.08 bits per heavy atom. The van der Waals surface area contributed by atoms with Crippen molar-refractivity contribution in [1.82, 2.24) is 19.6 Å². The normalized spacial score (nSPS) is 16.7. The van der Waals surface area contributed by atoms with Gasteiger partial charge in [0.25, 0.3) is 0 Å². The molecule has 1 aromatic rings. The number of piperazine rings is 1. The van der Waals surface area contributed by atoms with Crippen LogP contribution in [-0.2, 0) is 16.0 Å². The Balaban J connectivity index is 1.93. The van der Waals surface area contributed by atoms with Crippen molar-refractivity contribution in [2.45, 2.75) is 27.2 Å². The first-order chi connectivity index (χ1) is 12.1. The molecule has 0 bridgehead atoms. The van der Waals surface area contributed by atoms with E-state index in [4.69, 9.17) is 4.74 Å². The summed E-state index contributed by atoms with van der Waals surface area (Å²) in [4.78, 5) is 25.2. The van der Waals surface area contributed by atoms with Crippen LogP contribution in [0.15, 0.2) is 4.99 Å². The number of nitrogens with one attached hydrogen (secondary N) is 1. The third kappa shape index (κ3) is 5.29. The number of ether oxygens (including phenoxy) is 1. The van der Waals surface area contributed by atoms with E-state index in [1.807, 2.05) is 13.8 Å². The number of rotatable bonds is 6. The fourth-order valence-corrected chi connectivity index (χ4v) is 3.35. The van der Waals surface area contributed by atoms with Crippen LogP contribution in [-0.4, -0.2) is 72.6 Å². The van der Waals surface area contributed by atoms with Gasteiger partial charge in [0.15, 0.2) is 5.96 Å². The molecule has 1 atom stereocenters. The minimum atomic E-state index is -0.242. The van der Waals surface area contributed by atoms with Crippen LogP contribution in [0.5, 0.6) is 0 Å². The molecule has 0 radical (unpaired) electrons. The van der Waals surface area contributed by atoms with Gasteiger partial charge in [0.1, 0.15) is 5.82 Å². The summed E-state index contributed by atoms with van der Waals surface area (Å²) in [6.07, 6.45) is 0.867. The quantitative estimate of drug-likeness (QED) is 0.455. The van der Waals surface area contributed by atoms with Gasteiger partial charge in [-0.2, -0.15) is 4.37 Å². The fourth-order valence-electron chi connectivity index (χ4n) is 2.55. The Kier molecular flexibility index (Phi) is 7.42. The molecule has 1 unspecified atom stereocenters.